The molecule has 0 aromatic heterocycles. The second-order valence-corrected chi connectivity index (χ2v) is 4.83. The van der Waals surface area contributed by atoms with Crippen molar-refractivity contribution in [3.63, 3.8) is 0 Å². The van der Waals surface area contributed by atoms with Gasteiger partial charge in [-0.25, -0.2) is 8.42 Å². The molecule has 15 heavy (non-hydrogen) atoms. The minimum atomic E-state index is -3.52. The van der Waals surface area contributed by atoms with Crippen molar-refractivity contribution < 1.29 is 18.1 Å². The molecule has 0 aliphatic carbocycles. The molecule has 0 saturated carbocycles. The average Bonchev–Trinajstić information content (AvgIpc) is 2.15. The van der Waals surface area contributed by atoms with Gasteiger partial charge in [-0.1, -0.05) is 0 Å². The van der Waals surface area contributed by atoms with Crippen molar-refractivity contribution in [3.8, 4) is 0 Å². The summed E-state index contributed by atoms with van der Waals surface area (Å²) in [6.45, 7) is 0. The van der Waals surface area contributed by atoms with Crippen molar-refractivity contribution in [1.82, 2.24) is 0 Å². The van der Waals surface area contributed by atoms with Gasteiger partial charge in [0.1, 0.15) is 5.56 Å². The highest BCUT2D eigenvalue weighted by Gasteiger charge is 2.18. The van der Waals surface area contributed by atoms with E-state index < -0.39 is 20.4 Å². The zero-order chi connectivity index (χ0) is 11.6. The molecule has 0 aliphatic rings. The van der Waals surface area contributed by atoms with Crippen LogP contribution in [0.15, 0.2) is 23.1 Å². The number of hydrogen-bond acceptors (Lipinski definition) is 5. The van der Waals surface area contributed by atoms with Crippen LogP contribution in [-0.2, 0) is 14.6 Å². The molecule has 1 aromatic rings. The number of nitro benzene ring substituents is 1. The van der Waals surface area contributed by atoms with Crippen molar-refractivity contribution in [2.24, 2.45) is 0 Å². The molecule has 6 nitrogen and oxygen atoms in total. The molecule has 1 rings (SSSR count). The van der Waals surface area contributed by atoms with Gasteiger partial charge in [0.15, 0.2) is 9.84 Å². The number of nitro groups is 1. The van der Waals surface area contributed by atoms with E-state index >= 15 is 0 Å². The van der Waals surface area contributed by atoms with E-state index in [4.69, 9.17) is 0 Å². The van der Waals surface area contributed by atoms with Crippen LogP contribution in [0, 0.1) is 10.1 Å². The van der Waals surface area contributed by atoms with Crippen molar-refractivity contribution in [1.29, 1.82) is 0 Å². The Hall–Kier alpha value is -1.76. The lowest BCUT2D eigenvalue weighted by molar-refractivity contribution is -0.385. The predicted octanol–water partition coefficient (Wildman–Crippen LogP) is 0.456. The first-order valence-corrected chi connectivity index (χ1v) is 5.62. The maximum absolute atomic E-state index is 11.1. The second kappa shape index (κ2) is 3.77. The van der Waals surface area contributed by atoms with Crippen LogP contribution < -0.4 is 0 Å². The lowest BCUT2D eigenvalue weighted by Crippen LogP contribution is -2.01. The molecule has 1 radical (unpaired) electrons. The number of hydrogen-bond donors (Lipinski definition) is 0. The third-order valence-electron chi connectivity index (χ3n) is 1.70. The molecule has 0 saturated heterocycles. The lowest BCUT2D eigenvalue weighted by Gasteiger charge is -1.99. The van der Waals surface area contributed by atoms with Gasteiger partial charge in [0.2, 0.25) is 6.29 Å². The van der Waals surface area contributed by atoms with Crippen molar-refractivity contribution in [2.45, 2.75) is 4.90 Å². The number of sulfone groups is 1. The molecule has 7 heteroatoms. The Bertz CT molecular complexity index is 520. The molecule has 0 fully saturated rings. The molecule has 0 N–H and O–H groups in total. The highest BCUT2D eigenvalue weighted by atomic mass is 32.2. The maximum Gasteiger partial charge on any atom is 0.281 e. The van der Waals surface area contributed by atoms with Crippen LogP contribution in [-0.4, -0.2) is 25.9 Å². The van der Waals surface area contributed by atoms with Gasteiger partial charge in [-0.15, -0.1) is 0 Å². The topological polar surface area (TPSA) is 94.3 Å². The summed E-state index contributed by atoms with van der Waals surface area (Å²) >= 11 is 0. The van der Waals surface area contributed by atoms with Gasteiger partial charge in [-0.05, 0) is 12.1 Å². The van der Waals surface area contributed by atoms with Crippen molar-refractivity contribution >= 4 is 21.8 Å². The summed E-state index contributed by atoms with van der Waals surface area (Å²) in [7, 11) is -3.52. The summed E-state index contributed by atoms with van der Waals surface area (Å²) in [4.78, 5) is 19.8. The summed E-state index contributed by atoms with van der Waals surface area (Å²) in [6.07, 6.45) is 2.30. The molecule has 1 aromatic carbocycles. The lowest BCUT2D eigenvalue weighted by atomic mass is 10.2. The minimum Gasteiger partial charge on any atom is -0.285 e. The Morgan fingerprint density at radius 3 is 2.40 bits per heavy atom. The Morgan fingerprint density at radius 1 is 1.40 bits per heavy atom. The highest BCUT2D eigenvalue weighted by Crippen LogP contribution is 2.21. The molecular formula is C8H6NO5S. The van der Waals surface area contributed by atoms with E-state index in [0.717, 1.165) is 24.5 Å². The van der Waals surface area contributed by atoms with Crippen LogP contribution in [0.1, 0.15) is 5.56 Å². The quantitative estimate of drug-likeness (QED) is 0.553. The Kier molecular flexibility index (Phi) is 2.85. The van der Waals surface area contributed by atoms with Gasteiger partial charge >= 0.3 is 0 Å². The van der Waals surface area contributed by atoms with Crippen LogP contribution in [0.5, 0.6) is 0 Å². The van der Waals surface area contributed by atoms with Gasteiger partial charge in [-0.3, -0.25) is 14.9 Å². The molecule has 0 aliphatic heterocycles. The van der Waals surface area contributed by atoms with E-state index in [1.807, 2.05) is 0 Å². The first-order valence-electron chi connectivity index (χ1n) is 3.73. The Morgan fingerprint density at radius 2 is 2.00 bits per heavy atom. The molecule has 79 valence electrons. The fraction of sp³-hybridized carbons (Fsp3) is 0.125. The minimum absolute atomic E-state index is 0.201. The fourth-order valence-corrected chi connectivity index (χ4v) is 1.62. The van der Waals surface area contributed by atoms with E-state index in [1.165, 1.54) is 6.29 Å². The third-order valence-corrected chi connectivity index (χ3v) is 2.81. The molecule has 0 amide bonds. The summed E-state index contributed by atoms with van der Waals surface area (Å²) in [5.74, 6) is 0. The van der Waals surface area contributed by atoms with Crippen LogP contribution in [0.2, 0.25) is 0 Å². The average molecular weight is 228 g/mol. The zero-order valence-corrected chi connectivity index (χ0v) is 8.45. The molecule has 0 heterocycles. The summed E-state index contributed by atoms with van der Waals surface area (Å²) < 4.78 is 22.2. The number of rotatable bonds is 3. The van der Waals surface area contributed by atoms with Crippen LogP contribution in [0.4, 0.5) is 5.69 Å². The summed E-state index contributed by atoms with van der Waals surface area (Å²) in [6, 6.07) is 3.03. The van der Waals surface area contributed by atoms with Crippen LogP contribution in [0.3, 0.4) is 0 Å². The summed E-state index contributed by atoms with van der Waals surface area (Å²) in [5, 5.41) is 10.5. The first-order chi connectivity index (χ1) is 6.86. The van der Waals surface area contributed by atoms with Crippen LogP contribution in [0.25, 0.3) is 0 Å². The van der Waals surface area contributed by atoms with Crippen molar-refractivity contribution in [3.05, 3.63) is 33.9 Å². The first kappa shape index (κ1) is 11.3. The van der Waals surface area contributed by atoms with E-state index in [9.17, 15) is 23.3 Å². The monoisotopic (exact) mass is 228 g/mol. The van der Waals surface area contributed by atoms with Crippen LogP contribution >= 0.6 is 0 Å². The van der Waals surface area contributed by atoms with E-state index in [2.05, 4.69) is 0 Å². The maximum atomic E-state index is 11.1. The number of nitrogens with zero attached hydrogens (tertiary/aromatic N) is 1. The SMILES string of the molecule is CS(=O)(=O)c1ccc([C]=O)c([N+](=O)[O-])c1. The third kappa shape index (κ3) is 2.38. The molecule has 0 spiro atoms. The number of benzene rings is 1. The van der Waals surface area contributed by atoms with Gasteiger partial charge in [0.25, 0.3) is 5.69 Å². The Balaban J connectivity index is 3.48. The number of carbonyl (C=O) groups excluding carboxylic acids is 1. The molecule has 0 bridgehead atoms. The second-order valence-electron chi connectivity index (χ2n) is 2.81. The van der Waals surface area contributed by atoms with Gasteiger partial charge in [0, 0.05) is 12.3 Å². The molecule has 0 unspecified atom stereocenters. The van der Waals surface area contributed by atoms with Crippen molar-refractivity contribution in [2.75, 3.05) is 6.26 Å². The zero-order valence-electron chi connectivity index (χ0n) is 7.63. The normalized spacial score (nSPS) is 11.0. The predicted molar refractivity (Wildman–Crippen MR) is 51.0 cm³/mol. The van der Waals surface area contributed by atoms with Gasteiger partial charge in [-0.2, -0.15) is 0 Å². The molecular weight excluding hydrogens is 222 g/mol. The summed E-state index contributed by atoms with van der Waals surface area (Å²) in [5.41, 5.74) is -0.833. The van der Waals surface area contributed by atoms with E-state index in [1.54, 1.807) is 0 Å². The van der Waals surface area contributed by atoms with Gasteiger partial charge < -0.3 is 0 Å². The smallest absolute Gasteiger partial charge is 0.281 e. The van der Waals surface area contributed by atoms with E-state index in [-0.39, 0.29) is 10.5 Å². The Labute approximate surface area is 85.6 Å². The molecule has 0 atom stereocenters. The van der Waals surface area contributed by atoms with E-state index in [0.29, 0.717) is 0 Å². The highest BCUT2D eigenvalue weighted by molar-refractivity contribution is 7.90. The van der Waals surface area contributed by atoms with Gasteiger partial charge in [0.05, 0.1) is 9.82 Å². The standard InChI is InChI=1S/C8H6NO5S/c1-15(13,14)7-3-2-6(5-10)8(4-7)9(11)12/h2-4H,1H3. The largest absolute Gasteiger partial charge is 0.285 e. The fourth-order valence-electron chi connectivity index (χ4n) is 0.979.